The predicted molar refractivity (Wildman–Crippen MR) is 46.1 cm³/mol. The Bertz CT molecular complexity index is 355. The maximum Gasteiger partial charge on any atom is 0.229 e. The van der Waals surface area contributed by atoms with Crippen LogP contribution in [0.1, 0.15) is 17.0 Å². The molecule has 1 aromatic rings. The molecule has 1 amide bonds. The van der Waals surface area contributed by atoms with Gasteiger partial charge in [0.2, 0.25) is 5.91 Å². The standard InChI is InChI=1S/C10H8NO/c11-10(12)9-6-5-7-3-1-2-4-8(7)9/h1-5,9H,(H2,11,12). The van der Waals surface area contributed by atoms with Gasteiger partial charge in [0.1, 0.15) is 0 Å². The van der Waals surface area contributed by atoms with E-state index in [4.69, 9.17) is 5.73 Å². The van der Waals surface area contributed by atoms with E-state index in [0.29, 0.717) is 0 Å². The molecule has 59 valence electrons. The molecule has 1 radical (unpaired) electrons. The molecule has 0 aromatic heterocycles. The Morgan fingerprint density at radius 1 is 1.42 bits per heavy atom. The maximum atomic E-state index is 10.9. The quantitative estimate of drug-likeness (QED) is 0.653. The number of hydrogen-bond donors (Lipinski definition) is 1. The fourth-order valence-corrected chi connectivity index (χ4v) is 1.40. The van der Waals surface area contributed by atoms with Crippen LogP contribution in [-0.2, 0) is 4.79 Å². The molecule has 2 heteroatoms. The van der Waals surface area contributed by atoms with Gasteiger partial charge in [-0.15, -0.1) is 0 Å². The Morgan fingerprint density at radius 3 is 2.92 bits per heavy atom. The van der Waals surface area contributed by atoms with Gasteiger partial charge in [0.05, 0.1) is 5.92 Å². The predicted octanol–water partition coefficient (Wildman–Crippen LogP) is 1.09. The summed E-state index contributed by atoms with van der Waals surface area (Å²) in [6, 6.07) is 7.68. The summed E-state index contributed by atoms with van der Waals surface area (Å²) in [7, 11) is 0. The van der Waals surface area contributed by atoms with Crippen molar-refractivity contribution in [3.05, 3.63) is 41.5 Å². The van der Waals surface area contributed by atoms with Gasteiger partial charge in [-0.1, -0.05) is 24.3 Å². The van der Waals surface area contributed by atoms with Gasteiger partial charge in [-0.3, -0.25) is 4.79 Å². The summed E-state index contributed by atoms with van der Waals surface area (Å²) >= 11 is 0. The monoisotopic (exact) mass is 158 g/mol. The van der Waals surface area contributed by atoms with Crippen molar-refractivity contribution in [1.82, 2.24) is 0 Å². The molecular formula is C10H8NO. The van der Waals surface area contributed by atoms with Crippen LogP contribution in [0, 0.1) is 6.08 Å². The van der Waals surface area contributed by atoms with E-state index in [1.165, 1.54) is 0 Å². The fourth-order valence-electron chi connectivity index (χ4n) is 1.40. The van der Waals surface area contributed by atoms with Crippen molar-refractivity contribution >= 4 is 12.0 Å². The zero-order chi connectivity index (χ0) is 8.55. The summed E-state index contributed by atoms with van der Waals surface area (Å²) in [6.45, 7) is 0. The lowest BCUT2D eigenvalue weighted by molar-refractivity contribution is -0.118. The summed E-state index contributed by atoms with van der Waals surface area (Å²) in [5.74, 6) is -0.683. The smallest absolute Gasteiger partial charge is 0.229 e. The first-order chi connectivity index (χ1) is 5.79. The van der Waals surface area contributed by atoms with E-state index in [2.05, 4.69) is 6.08 Å². The SMILES string of the molecule is NC(=O)C1[C]=Cc2ccccc21. The van der Waals surface area contributed by atoms with Crippen molar-refractivity contribution in [3.63, 3.8) is 0 Å². The van der Waals surface area contributed by atoms with Crippen LogP contribution < -0.4 is 5.73 Å². The molecule has 1 atom stereocenters. The fraction of sp³-hybridized carbons (Fsp3) is 0.100. The number of primary amides is 1. The van der Waals surface area contributed by atoms with Gasteiger partial charge in [-0.05, 0) is 23.3 Å². The molecule has 0 fully saturated rings. The second-order valence-electron chi connectivity index (χ2n) is 2.78. The van der Waals surface area contributed by atoms with E-state index in [0.717, 1.165) is 11.1 Å². The molecule has 12 heavy (non-hydrogen) atoms. The second kappa shape index (κ2) is 2.48. The largest absolute Gasteiger partial charge is 0.369 e. The zero-order valence-electron chi connectivity index (χ0n) is 6.45. The Hall–Kier alpha value is -1.57. The molecule has 0 aliphatic heterocycles. The minimum atomic E-state index is -0.346. The highest BCUT2D eigenvalue weighted by molar-refractivity contribution is 5.87. The summed E-state index contributed by atoms with van der Waals surface area (Å²) in [4.78, 5) is 10.9. The first-order valence-electron chi connectivity index (χ1n) is 3.76. The Labute approximate surface area is 70.7 Å². The van der Waals surface area contributed by atoms with Crippen LogP contribution in [-0.4, -0.2) is 5.91 Å². The summed E-state index contributed by atoms with van der Waals surface area (Å²) in [5.41, 5.74) is 7.20. The highest BCUT2D eigenvalue weighted by Gasteiger charge is 2.21. The van der Waals surface area contributed by atoms with Gasteiger partial charge in [0.15, 0.2) is 0 Å². The van der Waals surface area contributed by atoms with Crippen LogP contribution in [0.5, 0.6) is 0 Å². The summed E-state index contributed by atoms with van der Waals surface area (Å²) in [5, 5.41) is 0. The summed E-state index contributed by atoms with van der Waals surface area (Å²) in [6.07, 6.45) is 4.73. The second-order valence-corrected chi connectivity index (χ2v) is 2.78. The van der Waals surface area contributed by atoms with E-state index < -0.39 is 0 Å². The minimum absolute atomic E-state index is 0.337. The number of amides is 1. The third-order valence-corrected chi connectivity index (χ3v) is 2.00. The molecule has 0 saturated heterocycles. The van der Waals surface area contributed by atoms with Crippen molar-refractivity contribution in [2.45, 2.75) is 5.92 Å². The molecule has 1 unspecified atom stereocenters. The maximum absolute atomic E-state index is 10.9. The van der Waals surface area contributed by atoms with Crippen LogP contribution >= 0.6 is 0 Å². The van der Waals surface area contributed by atoms with Crippen molar-refractivity contribution < 1.29 is 4.79 Å². The van der Waals surface area contributed by atoms with Crippen LogP contribution in [0.15, 0.2) is 24.3 Å². The molecule has 1 aliphatic carbocycles. The van der Waals surface area contributed by atoms with E-state index >= 15 is 0 Å². The van der Waals surface area contributed by atoms with Crippen LogP contribution in [0.4, 0.5) is 0 Å². The Kier molecular flexibility index (Phi) is 1.47. The Morgan fingerprint density at radius 2 is 2.17 bits per heavy atom. The third kappa shape index (κ3) is 0.925. The lowest BCUT2D eigenvalue weighted by atomic mass is 10.0. The average molecular weight is 158 g/mol. The molecule has 2 N–H and O–H groups in total. The number of hydrogen-bond acceptors (Lipinski definition) is 1. The third-order valence-electron chi connectivity index (χ3n) is 2.00. The van der Waals surface area contributed by atoms with E-state index in [9.17, 15) is 4.79 Å². The van der Waals surface area contributed by atoms with Gasteiger partial charge >= 0.3 is 0 Å². The highest BCUT2D eigenvalue weighted by atomic mass is 16.1. The molecule has 0 heterocycles. The van der Waals surface area contributed by atoms with Gasteiger partial charge in [0, 0.05) is 0 Å². The first kappa shape index (κ1) is 7.10. The van der Waals surface area contributed by atoms with Crippen LogP contribution in [0.25, 0.3) is 6.08 Å². The van der Waals surface area contributed by atoms with Crippen molar-refractivity contribution in [2.75, 3.05) is 0 Å². The van der Waals surface area contributed by atoms with Gasteiger partial charge < -0.3 is 5.73 Å². The van der Waals surface area contributed by atoms with Gasteiger partial charge in [-0.25, -0.2) is 0 Å². The van der Waals surface area contributed by atoms with Crippen molar-refractivity contribution in [1.29, 1.82) is 0 Å². The van der Waals surface area contributed by atoms with Crippen molar-refractivity contribution in [2.24, 2.45) is 5.73 Å². The molecule has 2 nitrogen and oxygen atoms in total. The number of fused-ring (bicyclic) bond motifs is 1. The molecule has 1 aliphatic rings. The topological polar surface area (TPSA) is 43.1 Å². The number of rotatable bonds is 1. The van der Waals surface area contributed by atoms with Gasteiger partial charge in [-0.2, -0.15) is 0 Å². The molecule has 2 rings (SSSR count). The molecule has 0 bridgehead atoms. The number of nitrogens with two attached hydrogens (primary N) is 1. The van der Waals surface area contributed by atoms with Crippen LogP contribution in [0.3, 0.4) is 0 Å². The van der Waals surface area contributed by atoms with Gasteiger partial charge in [0.25, 0.3) is 0 Å². The zero-order valence-corrected chi connectivity index (χ0v) is 6.45. The molecule has 0 spiro atoms. The van der Waals surface area contributed by atoms with E-state index in [-0.39, 0.29) is 11.8 Å². The summed E-state index contributed by atoms with van der Waals surface area (Å²) < 4.78 is 0. The highest BCUT2D eigenvalue weighted by Crippen LogP contribution is 2.28. The van der Waals surface area contributed by atoms with Crippen molar-refractivity contribution in [3.8, 4) is 0 Å². The van der Waals surface area contributed by atoms with E-state index in [1.54, 1.807) is 0 Å². The lowest BCUT2D eigenvalue weighted by Gasteiger charge is -2.04. The average Bonchev–Trinajstić information content (AvgIpc) is 2.47. The minimum Gasteiger partial charge on any atom is -0.369 e. The normalized spacial score (nSPS) is 19.2. The molecule has 0 saturated carbocycles. The van der Waals surface area contributed by atoms with E-state index in [1.807, 2.05) is 30.3 Å². The number of benzene rings is 1. The van der Waals surface area contributed by atoms with Crippen LogP contribution in [0.2, 0.25) is 0 Å². The first-order valence-corrected chi connectivity index (χ1v) is 3.76. The number of carbonyl (C=O) groups is 1. The Balaban J connectivity index is 2.49. The number of carbonyl (C=O) groups excluding carboxylic acids is 1. The lowest BCUT2D eigenvalue weighted by Crippen LogP contribution is -2.18. The molecule has 1 aromatic carbocycles. The molecular weight excluding hydrogens is 150 g/mol.